The molecule has 1 heterocycles. The van der Waals surface area contributed by atoms with Crippen molar-refractivity contribution in [1.29, 1.82) is 0 Å². The van der Waals surface area contributed by atoms with Gasteiger partial charge in [0.25, 0.3) is 0 Å². The number of amides is 1. The Labute approximate surface area is 142 Å². The van der Waals surface area contributed by atoms with E-state index in [0.29, 0.717) is 11.6 Å². The summed E-state index contributed by atoms with van der Waals surface area (Å²) < 4.78 is 5.18. The molecule has 0 aliphatic carbocycles. The number of nitrogens with zero attached hydrogens (tertiary/aromatic N) is 2. The summed E-state index contributed by atoms with van der Waals surface area (Å²) >= 11 is 0. The highest BCUT2D eigenvalue weighted by Crippen LogP contribution is 2.24. The van der Waals surface area contributed by atoms with Crippen LogP contribution in [0.3, 0.4) is 0 Å². The van der Waals surface area contributed by atoms with Crippen LogP contribution in [0.5, 0.6) is 0 Å². The van der Waals surface area contributed by atoms with Gasteiger partial charge in [-0.2, -0.15) is 0 Å². The highest BCUT2D eigenvalue weighted by atomic mass is 16.6. The van der Waals surface area contributed by atoms with Crippen molar-refractivity contribution in [3.05, 3.63) is 41.5 Å². The zero-order valence-corrected chi connectivity index (χ0v) is 14.8. The molecule has 24 heavy (non-hydrogen) atoms. The van der Waals surface area contributed by atoms with Gasteiger partial charge in [-0.3, -0.25) is 5.32 Å². The van der Waals surface area contributed by atoms with E-state index in [4.69, 9.17) is 4.74 Å². The minimum absolute atomic E-state index is 0.343. The summed E-state index contributed by atoms with van der Waals surface area (Å²) in [4.78, 5) is 11.7. The molecule has 0 saturated carbocycles. The lowest BCUT2D eigenvalue weighted by Crippen LogP contribution is -2.27. The Bertz CT molecular complexity index is 706. The number of hydrogen-bond acceptors (Lipinski definition) is 5. The fourth-order valence-electron chi connectivity index (χ4n) is 2.20. The smallest absolute Gasteiger partial charge is 0.413 e. The van der Waals surface area contributed by atoms with E-state index < -0.39 is 11.7 Å². The standard InChI is InChI=1S/C18H24N4O2/c1-6-13-9-7-8-12(2)16(13)19-14-10-11-15(22-21-14)20-17(23)24-18(3,4)5/h7-11H,6H2,1-5H3,(H,19,21)(H,20,22,23). The number of carbonyl (C=O) groups excluding carboxylic acids is 1. The van der Waals surface area contributed by atoms with Crippen LogP contribution in [-0.2, 0) is 11.2 Å². The van der Waals surface area contributed by atoms with E-state index in [9.17, 15) is 4.79 Å². The lowest BCUT2D eigenvalue weighted by molar-refractivity contribution is 0.0635. The summed E-state index contributed by atoms with van der Waals surface area (Å²) in [5, 5.41) is 14.0. The summed E-state index contributed by atoms with van der Waals surface area (Å²) in [7, 11) is 0. The second-order valence-electron chi connectivity index (χ2n) is 6.52. The SMILES string of the molecule is CCc1cccc(C)c1Nc1ccc(NC(=O)OC(C)(C)C)nn1. The molecule has 0 radical (unpaired) electrons. The first kappa shape index (κ1) is 17.7. The molecule has 1 aromatic heterocycles. The van der Waals surface area contributed by atoms with Crippen molar-refractivity contribution < 1.29 is 9.53 Å². The number of benzene rings is 1. The van der Waals surface area contributed by atoms with E-state index in [0.717, 1.165) is 17.7 Å². The number of aromatic nitrogens is 2. The monoisotopic (exact) mass is 328 g/mol. The van der Waals surface area contributed by atoms with Crippen LogP contribution in [0.2, 0.25) is 0 Å². The molecule has 2 N–H and O–H groups in total. The van der Waals surface area contributed by atoms with Crippen molar-refractivity contribution in [3.8, 4) is 0 Å². The van der Waals surface area contributed by atoms with Gasteiger partial charge in [0.2, 0.25) is 0 Å². The Morgan fingerprint density at radius 3 is 2.38 bits per heavy atom. The maximum atomic E-state index is 11.7. The molecule has 0 spiro atoms. The summed E-state index contributed by atoms with van der Waals surface area (Å²) in [6.07, 6.45) is 0.375. The van der Waals surface area contributed by atoms with Gasteiger partial charge in [-0.15, -0.1) is 10.2 Å². The largest absolute Gasteiger partial charge is 0.444 e. The van der Waals surface area contributed by atoms with E-state index in [1.165, 1.54) is 5.56 Å². The van der Waals surface area contributed by atoms with Crippen molar-refractivity contribution in [2.24, 2.45) is 0 Å². The molecule has 1 amide bonds. The molecule has 0 saturated heterocycles. The zero-order chi connectivity index (χ0) is 17.7. The third-order valence-corrected chi connectivity index (χ3v) is 3.29. The molecule has 2 rings (SSSR count). The zero-order valence-electron chi connectivity index (χ0n) is 14.8. The lowest BCUT2D eigenvalue weighted by atomic mass is 10.1. The highest BCUT2D eigenvalue weighted by molar-refractivity contribution is 5.83. The number of ether oxygens (including phenoxy) is 1. The van der Waals surface area contributed by atoms with Gasteiger partial charge in [-0.05, 0) is 57.4 Å². The molecule has 0 fully saturated rings. The quantitative estimate of drug-likeness (QED) is 0.868. The van der Waals surface area contributed by atoms with E-state index in [-0.39, 0.29) is 0 Å². The third kappa shape index (κ3) is 4.94. The summed E-state index contributed by atoms with van der Waals surface area (Å²) in [5.41, 5.74) is 2.85. The van der Waals surface area contributed by atoms with Gasteiger partial charge in [0.15, 0.2) is 11.6 Å². The van der Waals surface area contributed by atoms with Crippen molar-refractivity contribution in [3.63, 3.8) is 0 Å². The minimum atomic E-state index is -0.555. The van der Waals surface area contributed by atoms with Gasteiger partial charge in [-0.1, -0.05) is 25.1 Å². The van der Waals surface area contributed by atoms with Crippen molar-refractivity contribution >= 4 is 23.4 Å². The summed E-state index contributed by atoms with van der Waals surface area (Å²) in [5.74, 6) is 0.962. The number of nitrogens with one attached hydrogen (secondary N) is 2. The molecule has 1 aromatic carbocycles. The third-order valence-electron chi connectivity index (χ3n) is 3.29. The van der Waals surface area contributed by atoms with Crippen LogP contribution in [0.15, 0.2) is 30.3 Å². The van der Waals surface area contributed by atoms with E-state index in [2.05, 4.69) is 33.8 Å². The maximum absolute atomic E-state index is 11.7. The summed E-state index contributed by atoms with van der Waals surface area (Å²) in [6, 6.07) is 9.63. The maximum Gasteiger partial charge on any atom is 0.413 e. The topological polar surface area (TPSA) is 76.1 Å². The second-order valence-corrected chi connectivity index (χ2v) is 6.52. The molecule has 0 bridgehead atoms. The van der Waals surface area contributed by atoms with Crippen LogP contribution in [0.4, 0.5) is 22.1 Å². The molecular weight excluding hydrogens is 304 g/mol. The lowest BCUT2D eigenvalue weighted by Gasteiger charge is -2.19. The molecule has 6 nitrogen and oxygen atoms in total. The molecule has 6 heteroatoms. The number of aryl methyl sites for hydroxylation is 2. The predicted molar refractivity (Wildman–Crippen MR) is 95.7 cm³/mol. The minimum Gasteiger partial charge on any atom is -0.444 e. The molecule has 0 aliphatic heterocycles. The van der Waals surface area contributed by atoms with Crippen LogP contribution >= 0.6 is 0 Å². The van der Waals surface area contributed by atoms with E-state index >= 15 is 0 Å². The van der Waals surface area contributed by atoms with Gasteiger partial charge in [0.05, 0.1) is 0 Å². The molecule has 0 unspecified atom stereocenters. The van der Waals surface area contributed by atoms with Gasteiger partial charge >= 0.3 is 6.09 Å². The average Bonchev–Trinajstić information content (AvgIpc) is 2.49. The van der Waals surface area contributed by atoms with Crippen LogP contribution in [0.1, 0.15) is 38.8 Å². The Balaban J connectivity index is 2.07. The van der Waals surface area contributed by atoms with Crippen LogP contribution < -0.4 is 10.6 Å². The van der Waals surface area contributed by atoms with Gasteiger partial charge < -0.3 is 10.1 Å². The molecular formula is C18H24N4O2. The van der Waals surface area contributed by atoms with Crippen molar-refractivity contribution in [2.75, 3.05) is 10.6 Å². The normalized spacial score (nSPS) is 11.0. The highest BCUT2D eigenvalue weighted by Gasteiger charge is 2.16. The second kappa shape index (κ2) is 7.29. The summed E-state index contributed by atoms with van der Waals surface area (Å²) in [6.45, 7) is 9.57. The molecule has 0 atom stereocenters. The molecule has 128 valence electrons. The fourth-order valence-corrected chi connectivity index (χ4v) is 2.20. The number of hydrogen-bond donors (Lipinski definition) is 2. The Morgan fingerprint density at radius 1 is 1.12 bits per heavy atom. The van der Waals surface area contributed by atoms with Crippen LogP contribution in [0.25, 0.3) is 0 Å². The number of carbonyl (C=O) groups is 1. The van der Waals surface area contributed by atoms with E-state index in [1.54, 1.807) is 32.9 Å². The number of rotatable bonds is 4. The van der Waals surface area contributed by atoms with Crippen LogP contribution in [-0.4, -0.2) is 21.9 Å². The first-order valence-electron chi connectivity index (χ1n) is 7.97. The van der Waals surface area contributed by atoms with E-state index in [1.807, 2.05) is 19.1 Å². The first-order chi connectivity index (χ1) is 11.3. The Hall–Kier alpha value is -2.63. The molecule has 0 aliphatic rings. The first-order valence-corrected chi connectivity index (χ1v) is 7.97. The van der Waals surface area contributed by atoms with Gasteiger partial charge in [0, 0.05) is 5.69 Å². The van der Waals surface area contributed by atoms with Gasteiger partial charge in [0.1, 0.15) is 5.60 Å². The Kier molecular flexibility index (Phi) is 5.39. The van der Waals surface area contributed by atoms with Crippen molar-refractivity contribution in [2.45, 2.75) is 46.6 Å². The van der Waals surface area contributed by atoms with Crippen molar-refractivity contribution in [1.82, 2.24) is 10.2 Å². The van der Waals surface area contributed by atoms with Gasteiger partial charge in [-0.25, -0.2) is 4.79 Å². The Morgan fingerprint density at radius 2 is 1.79 bits per heavy atom. The predicted octanol–water partition coefficient (Wildman–Crippen LogP) is 4.44. The fraction of sp³-hybridized carbons (Fsp3) is 0.389. The number of anilines is 3. The van der Waals surface area contributed by atoms with Crippen LogP contribution in [0, 0.1) is 6.92 Å². The number of para-hydroxylation sites is 1. The molecule has 2 aromatic rings. The average molecular weight is 328 g/mol.